The summed E-state index contributed by atoms with van der Waals surface area (Å²) in [5, 5.41) is 13.4. The van der Waals surface area contributed by atoms with Crippen molar-refractivity contribution in [1.29, 1.82) is 0 Å². The second-order valence-corrected chi connectivity index (χ2v) is 5.80. The fraction of sp³-hybridized carbons (Fsp3) is 0.176. The molecule has 1 unspecified atom stereocenters. The number of carbonyl (C=O) groups is 1. The minimum atomic E-state index is -0.697. The van der Waals surface area contributed by atoms with Crippen molar-refractivity contribution in [3.8, 4) is 17.2 Å². The van der Waals surface area contributed by atoms with E-state index in [0.29, 0.717) is 17.1 Å². The van der Waals surface area contributed by atoms with Crippen LogP contribution in [-0.4, -0.2) is 30.4 Å². The number of benzene rings is 2. The van der Waals surface area contributed by atoms with Crippen LogP contribution in [0.2, 0.25) is 0 Å². The molecule has 0 heterocycles. The molecular formula is C17H17BrN2O4. The minimum Gasteiger partial charge on any atom is -0.504 e. The summed E-state index contributed by atoms with van der Waals surface area (Å²) in [5.74, 6) is 0.584. The van der Waals surface area contributed by atoms with Crippen LogP contribution in [0.4, 0.5) is 0 Å². The molecule has 1 amide bonds. The van der Waals surface area contributed by atoms with Gasteiger partial charge < -0.3 is 14.6 Å². The standard InChI is InChI=1S/C17H17BrN2O4/c1-11(24-14-6-4-13(18)5-7-14)17(22)20-19-10-12-3-8-15(21)16(9-12)23-2/h3-11,21H,1-2H3,(H,20,22). The zero-order valence-corrected chi connectivity index (χ0v) is 14.8. The van der Waals surface area contributed by atoms with Gasteiger partial charge in [0.05, 0.1) is 13.3 Å². The lowest BCUT2D eigenvalue weighted by Crippen LogP contribution is -2.33. The van der Waals surface area contributed by atoms with E-state index in [1.807, 2.05) is 12.1 Å². The number of hydrogen-bond donors (Lipinski definition) is 2. The van der Waals surface area contributed by atoms with Crippen molar-refractivity contribution in [2.24, 2.45) is 5.10 Å². The summed E-state index contributed by atoms with van der Waals surface area (Å²) in [5.41, 5.74) is 3.08. The van der Waals surface area contributed by atoms with Crippen molar-refractivity contribution in [1.82, 2.24) is 5.43 Å². The molecule has 2 N–H and O–H groups in total. The van der Waals surface area contributed by atoms with E-state index in [4.69, 9.17) is 9.47 Å². The highest BCUT2D eigenvalue weighted by Crippen LogP contribution is 2.25. The van der Waals surface area contributed by atoms with Crippen LogP contribution in [0, 0.1) is 0 Å². The molecule has 0 spiro atoms. The molecule has 1 atom stereocenters. The SMILES string of the molecule is COc1cc(C=NNC(=O)C(C)Oc2ccc(Br)cc2)ccc1O. The van der Waals surface area contributed by atoms with Gasteiger partial charge >= 0.3 is 0 Å². The van der Waals surface area contributed by atoms with Gasteiger partial charge in [0.2, 0.25) is 0 Å². The van der Waals surface area contributed by atoms with Crippen molar-refractivity contribution in [2.45, 2.75) is 13.0 Å². The Kier molecular flexibility index (Phi) is 6.20. The number of hydrazone groups is 1. The number of halogens is 1. The van der Waals surface area contributed by atoms with Crippen molar-refractivity contribution in [3.63, 3.8) is 0 Å². The Morgan fingerprint density at radius 3 is 2.67 bits per heavy atom. The molecule has 0 radical (unpaired) electrons. The highest BCUT2D eigenvalue weighted by molar-refractivity contribution is 9.10. The number of nitrogens with one attached hydrogen (secondary N) is 1. The Morgan fingerprint density at radius 1 is 1.29 bits per heavy atom. The van der Waals surface area contributed by atoms with Crippen LogP contribution in [0.15, 0.2) is 52.0 Å². The minimum absolute atomic E-state index is 0.0372. The molecule has 0 aliphatic heterocycles. The van der Waals surface area contributed by atoms with Gasteiger partial charge in [0.1, 0.15) is 5.75 Å². The average molecular weight is 393 g/mol. The molecule has 2 aromatic carbocycles. The highest BCUT2D eigenvalue weighted by Gasteiger charge is 2.13. The van der Waals surface area contributed by atoms with Crippen LogP contribution in [0.1, 0.15) is 12.5 Å². The molecule has 6 nitrogen and oxygen atoms in total. The summed E-state index contributed by atoms with van der Waals surface area (Å²) in [6.45, 7) is 1.64. The van der Waals surface area contributed by atoms with E-state index in [-0.39, 0.29) is 11.7 Å². The van der Waals surface area contributed by atoms with E-state index in [1.54, 1.807) is 31.2 Å². The number of hydrogen-bond acceptors (Lipinski definition) is 5. The zero-order chi connectivity index (χ0) is 17.5. The van der Waals surface area contributed by atoms with E-state index in [2.05, 4.69) is 26.5 Å². The van der Waals surface area contributed by atoms with Gasteiger partial charge in [-0.25, -0.2) is 5.43 Å². The molecule has 0 saturated heterocycles. The van der Waals surface area contributed by atoms with Crippen LogP contribution in [0.5, 0.6) is 17.2 Å². The average Bonchev–Trinajstić information content (AvgIpc) is 2.58. The number of ether oxygens (including phenoxy) is 2. The summed E-state index contributed by atoms with van der Waals surface area (Å²) in [7, 11) is 1.46. The predicted molar refractivity (Wildman–Crippen MR) is 94.6 cm³/mol. The number of methoxy groups -OCH3 is 1. The Labute approximate surface area is 148 Å². The molecule has 0 aromatic heterocycles. The number of amides is 1. The molecule has 0 aliphatic carbocycles. The van der Waals surface area contributed by atoms with Gasteiger partial charge in [-0.15, -0.1) is 0 Å². The van der Waals surface area contributed by atoms with E-state index in [9.17, 15) is 9.90 Å². The van der Waals surface area contributed by atoms with Crippen LogP contribution in [0.25, 0.3) is 0 Å². The van der Waals surface area contributed by atoms with E-state index in [0.717, 1.165) is 4.47 Å². The highest BCUT2D eigenvalue weighted by atomic mass is 79.9. The Morgan fingerprint density at radius 2 is 2.00 bits per heavy atom. The molecule has 7 heteroatoms. The maximum atomic E-state index is 12.0. The van der Waals surface area contributed by atoms with Crippen LogP contribution in [-0.2, 0) is 4.79 Å². The van der Waals surface area contributed by atoms with Gasteiger partial charge in [-0.2, -0.15) is 5.10 Å². The van der Waals surface area contributed by atoms with Gasteiger partial charge in [-0.05, 0) is 55.0 Å². The summed E-state index contributed by atoms with van der Waals surface area (Å²) >= 11 is 3.33. The fourth-order valence-corrected chi connectivity index (χ4v) is 2.07. The summed E-state index contributed by atoms with van der Waals surface area (Å²) in [6.07, 6.45) is 0.754. The maximum Gasteiger partial charge on any atom is 0.280 e. The van der Waals surface area contributed by atoms with Crippen LogP contribution >= 0.6 is 15.9 Å². The third-order valence-corrected chi connectivity index (χ3v) is 3.62. The zero-order valence-electron chi connectivity index (χ0n) is 13.2. The van der Waals surface area contributed by atoms with Crippen LogP contribution in [0.3, 0.4) is 0 Å². The normalized spacial score (nSPS) is 12.0. The van der Waals surface area contributed by atoms with E-state index < -0.39 is 6.10 Å². The fourth-order valence-electron chi connectivity index (χ4n) is 1.81. The second-order valence-electron chi connectivity index (χ2n) is 4.88. The molecule has 0 aliphatic rings. The molecule has 0 saturated carbocycles. The molecule has 2 rings (SSSR count). The molecule has 24 heavy (non-hydrogen) atoms. The quantitative estimate of drug-likeness (QED) is 0.584. The van der Waals surface area contributed by atoms with Gasteiger partial charge in [0.15, 0.2) is 17.6 Å². The van der Waals surface area contributed by atoms with E-state index in [1.165, 1.54) is 19.4 Å². The third kappa shape index (κ3) is 4.99. The largest absolute Gasteiger partial charge is 0.504 e. The van der Waals surface area contributed by atoms with Gasteiger partial charge in [-0.3, -0.25) is 4.79 Å². The first-order valence-electron chi connectivity index (χ1n) is 7.11. The Bertz CT molecular complexity index is 732. The summed E-state index contributed by atoms with van der Waals surface area (Å²) < 4.78 is 11.5. The smallest absolute Gasteiger partial charge is 0.280 e. The lowest BCUT2D eigenvalue weighted by molar-refractivity contribution is -0.127. The van der Waals surface area contributed by atoms with E-state index >= 15 is 0 Å². The van der Waals surface area contributed by atoms with Crippen LogP contribution < -0.4 is 14.9 Å². The topological polar surface area (TPSA) is 80.2 Å². The Balaban J connectivity index is 1.90. The predicted octanol–water partition coefficient (Wildman–Crippen LogP) is 3.08. The molecule has 2 aromatic rings. The number of phenols is 1. The number of aromatic hydroxyl groups is 1. The maximum absolute atomic E-state index is 12.0. The van der Waals surface area contributed by atoms with Crippen molar-refractivity contribution < 1.29 is 19.4 Å². The first-order chi connectivity index (χ1) is 11.5. The molecule has 0 bridgehead atoms. The number of rotatable bonds is 6. The molecule has 0 fully saturated rings. The lowest BCUT2D eigenvalue weighted by Gasteiger charge is -2.12. The first kappa shape index (κ1) is 17.8. The summed E-state index contributed by atoms with van der Waals surface area (Å²) in [6, 6.07) is 11.9. The molecule has 126 valence electrons. The van der Waals surface area contributed by atoms with Crippen molar-refractivity contribution in [2.75, 3.05) is 7.11 Å². The van der Waals surface area contributed by atoms with Gasteiger partial charge in [0, 0.05) is 4.47 Å². The van der Waals surface area contributed by atoms with Crippen molar-refractivity contribution in [3.05, 3.63) is 52.5 Å². The Hall–Kier alpha value is -2.54. The van der Waals surface area contributed by atoms with Gasteiger partial charge in [0.25, 0.3) is 5.91 Å². The van der Waals surface area contributed by atoms with Gasteiger partial charge in [-0.1, -0.05) is 15.9 Å². The molecular weight excluding hydrogens is 376 g/mol. The first-order valence-corrected chi connectivity index (χ1v) is 7.91. The third-order valence-electron chi connectivity index (χ3n) is 3.09. The lowest BCUT2D eigenvalue weighted by atomic mass is 10.2. The monoisotopic (exact) mass is 392 g/mol. The number of nitrogens with zero attached hydrogens (tertiary/aromatic N) is 1. The second kappa shape index (κ2) is 8.35. The number of carbonyl (C=O) groups excluding carboxylic acids is 1. The summed E-state index contributed by atoms with van der Waals surface area (Å²) in [4.78, 5) is 12.0. The van der Waals surface area contributed by atoms with Crippen molar-refractivity contribution >= 4 is 28.1 Å². The number of phenolic OH excluding ortho intramolecular Hbond substituents is 1.